The van der Waals surface area contributed by atoms with Crippen molar-refractivity contribution in [1.82, 2.24) is 20.9 Å². The third-order valence-corrected chi connectivity index (χ3v) is 6.74. The van der Waals surface area contributed by atoms with Gasteiger partial charge in [-0.05, 0) is 51.9 Å². The molecule has 0 aromatic heterocycles. The molecule has 1 aliphatic rings. The predicted octanol–water partition coefficient (Wildman–Crippen LogP) is -4.76. The largest absolute Gasteiger partial charge is 0.480 e. The van der Waals surface area contributed by atoms with Gasteiger partial charge in [0.05, 0.1) is 6.04 Å². The first-order valence-electron chi connectivity index (χ1n) is 14.2. The zero-order valence-electron chi connectivity index (χ0n) is 24.9. The number of aliphatic imine (C=N–C) groups is 2. The molecule has 0 spiro atoms. The number of amides is 5. The number of likely N-dealkylation sites (tertiary alicyclic amines) is 1. The minimum Gasteiger partial charge on any atom is -0.480 e. The standard InChI is InChI=1S/C25H46N12O7/c1-13(22(42)37-12-4-7-17(37)21(41)36-16(23(43)44)8-9-18(27)38)34-20(40)15(6-3-11-33-25(30)31)35-19(39)14(26)5-2-10-32-24(28)29/h13-17H,2-12,26H2,1H3,(H2,27,38)(H,34,40)(H,35,39)(H,36,41)(H,43,44)(H4,28,29,32)(H4,30,31,33). The lowest BCUT2D eigenvalue weighted by atomic mass is 10.1. The van der Waals surface area contributed by atoms with Gasteiger partial charge in [-0.1, -0.05) is 0 Å². The Morgan fingerprint density at radius 1 is 0.841 bits per heavy atom. The zero-order chi connectivity index (χ0) is 33.4. The molecule has 248 valence electrons. The van der Waals surface area contributed by atoms with E-state index in [1.165, 1.54) is 11.8 Å². The second kappa shape index (κ2) is 18.8. The number of aliphatic carboxylic acids is 1. The van der Waals surface area contributed by atoms with Crippen molar-refractivity contribution in [1.29, 1.82) is 0 Å². The number of nitrogens with zero attached hydrogens (tertiary/aromatic N) is 3. The van der Waals surface area contributed by atoms with E-state index < -0.39 is 65.7 Å². The number of nitrogens with one attached hydrogen (secondary N) is 3. The highest BCUT2D eigenvalue weighted by atomic mass is 16.4. The molecule has 44 heavy (non-hydrogen) atoms. The second-order valence-electron chi connectivity index (χ2n) is 10.4. The van der Waals surface area contributed by atoms with Crippen LogP contribution in [0.3, 0.4) is 0 Å². The van der Waals surface area contributed by atoms with Gasteiger partial charge in [-0.2, -0.15) is 0 Å². The van der Waals surface area contributed by atoms with E-state index in [4.69, 9.17) is 34.4 Å². The summed E-state index contributed by atoms with van der Waals surface area (Å²) in [6.45, 7) is 2.07. The van der Waals surface area contributed by atoms with Crippen molar-refractivity contribution in [2.24, 2.45) is 44.4 Å². The van der Waals surface area contributed by atoms with Gasteiger partial charge in [0, 0.05) is 26.1 Å². The molecular formula is C25H46N12O7. The van der Waals surface area contributed by atoms with Crippen molar-refractivity contribution in [2.75, 3.05) is 19.6 Å². The maximum Gasteiger partial charge on any atom is 0.326 e. The van der Waals surface area contributed by atoms with Crippen LogP contribution in [-0.4, -0.2) is 107 Å². The van der Waals surface area contributed by atoms with Gasteiger partial charge in [0.25, 0.3) is 0 Å². The molecule has 5 amide bonds. The van der Waals surface area contributed by atoms with E-state index in [9.17, 15) is 33.9 Å². The average molecular weight is 627 g/mol. The smallest absolute Gasteiger partial charge is 0.326 e. The third-order valence-electron chi connectivity index (χ3n) is 6.74. The van der Waals surface area contributed by atoms with Crippen LogP contribution in [0.5, 0.6) is 0 Å². The quantitative estimate of drug-likeness (QED) is 0.0367. The molecule has 1 heterocycles. The lowest BCUT2D eigenvalue weighted by Gasteiger charge is -2.29. The Morgan fingerprint density at radius 2 is 1.43 bits per heavy atom. The third kappa shape index (κ3) is 13.5. The monoisotopic (exact) mass is 626 g/mol. The van der Waals surface area contributed by atoms with Crippen LogP contribution in [0.25, 0.3) is 0 Å². The van der Waals surface area contributed by atoms with E-state index in [-0.39, 0.29) is 63.7 Å². The molecule has 0 aromatic rings. The molecule has 5 unspecified atom stereocenters. The Morgan fingerprint density at radius 3 is 1.98 bits per heavy atom. The van der Waals surface area contributed by atoms with Crippen molar-refractivity contribution < 1.29 is 33.9 Å². The highest BCUT2D eigenvalue weighted by Gasteiger charge is 2.38. The minimum absolute atomic E-state index is 0.0882. The van der Waals surface area contributed by atoms with Crippen LogP contribution in [-0.2, 0) is 28.8 Å². The molecule has 19 nitrogen and oxygen atoms in total. The number of hydrogen-bond acceptors (Lipinski definition) is 9. The van der Waals surface area contributed by atoms with Gasteiger partial charge in [-0.25, -0.2) is 4.79 Å². The first-order valence-corrected chi connectivity index (χ1v) is 14.2. The summed E-state index contributed by atoms with van der Waals surface area (Å²) < 4.78 is 0. The van der Waals surface area contributed by atoms with Crippen LogP contribution < -0.4 is 50.4 Å². The summed E-state index contributed by atoms with van der Waals surface area (Å²) in [6, 6.07) is -5.51. The maximum absolute atomic E-state index is 13.3. The van der Waals surface area contributed by atoms with Crippen molar-refractivity contribution in [3.8, 4) is 0 Å². The number of carbonyl (C=O) groups is 6. The normalized spacial score (nSPS) is 16.9. The maximum atomic E-state index is 13.3. The topological polar surface area (TPSA) is 343 Å². The Balaban J connectivity index is 2.90. The molecule has 1 saturated heterocycles. The first-order chi connectivity index (χ1) is 20.6. The summed E-state index contributed by atoms with van der Waals surface area (Å²) in [6.07, 6.45) is 1.37. The van der Waals surface area contributed by atoms with Gasteiger partial charge in [0.15, 0.2) is 11.9 Å². The number of nitrogens with two attached hydrogens (primary N) is 6. The molecule has 0 saturated carbocycles. The van der Waals surface area contributed by atoms with Crippen LogP contribution in [0.1, 0.15) is 58.3 Å². The van der Waals surface area contributed by atoms with Crippen LogP contribution in [0, 0.1) is 0 Å². The number of primary amides is 1. The number of carbonyl (C=O) groups excluding carboxylic acids is 5. The predicted molar refractivity (Wildman–Crippen MR) is 160 cm³/mol. The molecule has 0 aliphatic carbocycles. The molecule has 5 atom stereocenters. The van der Waals surface area contributed by atoms with E-state index in [0.717, 1.165) is 0 Å². The molecule has 1 fully saturated rings. The van der Waals surface area contributed by atoms with Crippen molar-refractivity contribution in [3.63, 3.8) is 0 Å². The van der Waals surface area contributed by atoms with Crippen LogP contribution in [0.2, 0.25) is 0 Å². The van der Waals surface area contributed by atoms with Gasteiger partial charge in [0.2, 0.25) is 29.5 Å². The van der Waals surface area contributed by atoms with E-state index in [1.807, 2.05) is 0 Å². The second-order valence-corrected chi connectivity index (χ2v) is 10.4. The van der Waals surface area contributed by atoms with Crippen molar-refractivity contribution >= 4 is 47.4 Å². The molecule has 0 radical (unpaired) electrons. The minimum atomic E-state index is -1.37. The number of rotatable bonds is 19. The van der Waals surface area contributed by atoms with Crippen molar-refractivity contribution in [2.45, 2.75) is 88.5 Å². The highest BCUT2D eigenvalue weighted by Crippen LogP contribution is 2.19. The zero-order valence-corrected chi connectivity index (χ0v) is 24.9. The fourth-order valence-electron chi connectivity index (χ4n) is 4.44. The summed E-state index contributed by atoms with van der Waals surface area (Å²) in [5, 5.41) is 16.9. The molecule has 0 aromatic carbocycles. The molecule has 1 rings (SSSR count). The van der Waals surface area contributed by atoms with Crippen molar-refractivity contribution in [3.05, 3.63) is 0 Å². The van der Waals surface area contributed by atoms with E-state index in [0.29, 0.717) is 19.3 Å². The Bertz CT molecular complexity index is 1090. The molecule has 19 heteroatoms. The SMILES string of the molecule is CC(NC(=O)C(CCCN=C(N)N)NC(=O)C(N)CCCN=C(N)N)C(=O)N1CCCC1C(=O)NC(CCC(N)=O)C(=O)O. The number of carboxylic acid groups (broad SMARTS) is 1. The van der Waals surface area contributed by atoms with Crippen LogP contribution in [0.4, 0.5) is 0 Å². The van der Waals surface area contributed by atoms with Crippen LogP contribution in [0.15, 0.2) is 9.98 Å². The Hall–Kier alpha value is -4.68. The lowest BCUT2D eigenvalue weighted by molar-refractivity contribution is -0.145. The van der Waals surface area contributed by atoms with Gasteiger partial charge in [0.1, 0.15) is 24.2 Å². The summed E-state index contributed by atoms with van der Waals surface area (Å²) in [5.41, 5.74) is 32.3. The van der Waals surface area contributed by atoms with Gasteiger partial charge in [-0.15, -0.1) is 0 Å². The lowest BCUT2D eigenvalue weighted by Crippen LogP contribution is -2.57. The average Bonchev–Trinajstić information content (AvgIpc) is 3.43. The van der Waals surface area contributed by atoms with Crippen LogP contribution >= 0.6 is 0 Å². The molecule has 0 bridgehead atoms. The van der Waals surface area contributed by atoms with E-state index in [2.05, 4.69) is 25.9 Å². The Labute approximate surface area is 254 Å². The van der Waals surface area contributed by atoms with Gasteiger partial charge >= 0.3 is 5.97 Å². The van der Waals surface area contributed by atoms with Gasteiger partial charge in [-0.3, -0.25) is 34.0 Å². The number of hydrogen-bond donors (Lipinski definition) is 10. The Kier molecular flexibility index (Phi) is 15.9. The highest BCUT2D eigenvalue weighted by molar-refractivity contribution is 5.95. The first kappa shape index (κ1) is 37.3. The summed E-state index contributed by atoms with van der Waals surface area (Å²) in [7, 11) is 0. The molecular weight excluding hydrogens is 580 g/mol. The molecule has 16 N–H and O–H groups in total. The van der Waals surface area contributed by atoms with E-state index >= 15 is 0 Å². The summed E-state index contributed by atoms with van der Waals surface area (Å²) in [5.74, 6) is -4.85. The molecule has 1 aliphatic heterocycles. The summed E-state index contributed by atoms with van der Waals surface area (Å²) in [4.78, 5) is 83.7. The fraction of sp³-hybridized carbons (Fsp3) is 0.680. The fourth-order valence-corrected chi connectivity index (χ4v) is 4.44. The number of carboxylic acids is 1. The van der Waals surface area contributed by atoms with Gasteiger partial charge < -0.3 is 60.4 Å². The van der Waals surface area contributed by atoms with E-state index in [1.54, 1.807) is 0 Å². The number of guanidine groups is 2. The summed E-state index contributed by atoms with van der Waals surface area (Å²) >= 11 is 0.